The molecule has 1 saturated heterocycles. The summed E-state index contributed by atoms with van der Waals surface area (Å²) >= 11 is 5.89. The van der Waals surface area contributed by atoms with Crippen molar-refractivity contribution in [2.75, 3.05) is 23.4 Å². The van der Waals surface area contributed by atoms with E-state index in [1.165, 1.54) is 18.3 Å². The van der Waals surface area contributed by atoms with Gasteiger partial charge in [-0.3, -0.25) is 4.98 Å². The van der Waals surface area contributed by atoms with E-state index in [9.17, 15) is 9.18 Å². The standard InChI is InChI=1S/C23H23ClFN5O2/c1-3-32-22(31)16-9-15(11-26-12-16)18-13-27-23(28-17-6-7-20(25)19(24)10-17)29-21(18)30-8-4-5-14(30)2/h6-7,9-14H,3-5,8H2,1-2H3,(H,27,28,29). The maximum Gasteiger partial charge on any atom is 0.339 e. The monoisotopic (exact) mass is 455 g/mol. The van der Waals surface area contributed by atoms with Crippen molar-refractivity contribution in [2.45, 2.75) is 32.7 Å². The molecule has 2 aromatic heterocycles. The van der Waals surface area contributed by atoms with Crippen LogP contribution in [0.2, 0.25) is 5.02 Å². The molecule has 1 unspecified atom stereocenters. The quantitative estimate of drug-likeness (QED) is 0.509. The van der Waals surface area contributed by atoms with Crippen LogP contribution in [-0.4, -0.2) is 40.1 Å². The highest BCUT2D eigenvalue weighted by molar-refractivity contribution is 6.31. The number of rotatable bonds is 6. The second-order valence-electron chi connectivity index (χ2n) is 7.55. The predicted molar refractivity (Wildman–Crippen MR) is 122 cm³/mol. The first-order chi connectivity index (χ1) is 15.5. The van der Waals surface area contributed by atoms with Crippen LogP contribution in [0, 0.1) is 5.82 Å². The number of hydrogen-bond donors (Lipinski definition) is 1. The highest BCUT2D eigenvalue weighted by Crippen LogP contribution is 2.34. The molecule has 1 N–H and O–H groups in total. The number of ether oxygens (including phenoxy) is 1. The van der Waals surface area contributed by atoms with E-state index in [4.69, 9.17) is 21.3 Å². The average molecular weight is 456 g/mol. The molecule has 0 aliphatic carbocycles. The molecule has 166 valence electrons. The number of carbonyl (C=O) groups is 1. The third-order valence-electron chi connectivity index (χ3n) is 5.33. The number of esters is 1. The number of benzene rings is 1. The lowest BCUT2D eigenvalue weighted by atomic mass is 10.1. The molecule has 1 fully saturated rings. The molecule has 9 heteroatoms. The zero-order chi connectivity index (χ0) is 22.7. The maximum atomic E-state index is 13.5. The van der Waals surface area contributed by atoms with Crippen LogP contribution in [0.15, 0.2) is 42.9 Å². The minimum atomic E-state index is -0.492. The van der Waals surface area contributed by atoms with Gasteiger partial charge in [0.2, 0.25) is 5.95 Å². The summed E-state index contributed by atoms with van der Waals surface area (Å²) in [5, 5.41) is 3.10. The van der Waals surface area contributed by atoms with Gasteiger partial charge in [-0.05, 0) is 51.0 Å². The summed E-state index contributed by atoms with van der Waals surface area (Å²) in [6.07, 6.45) is 6.98. The first kappa shape index (κ1) is 22.0. The van der Waals surface area contributed by atoms with Crippen LogP contribution in [0.1, 0.15) is 37.0 Å². The molecule has 1 aliphatic rings. The Balaban J connectivity index is 1.73. The number of carbonyl (C=O) groups excluding carboxylic acids is 1. The van der Waals surface area contributed by atoms with Gasteiger partial charge in [0.1, 0.15) is 11.6 Å². The van der Waals surface area contributed by atoms with Crippen molar-refractivity contribution in [1.29, 1.82) is 0 Å². The third kappa shape index (κ3) is 4.65. The topological polar surface area (TPSA) is 80.2 Å². The normalized spacial score (nSPS) is 15.6. The number of nitrogens with one attached hydrogen (secondary N) is 1. The highest BCUT2D eigenvalue weighted by atomic mass is 35.5. The molecule has 3 heterocycles. The Labute approximate surface area is 190 Å². The summed E-state index contributed by atoms with van der Waals surface area (Å²) in [5.74, 6) is 0.183. The molecule has 3 aromatic rings. The van der Waals surface area contributed by atoms with Crippen molar-refractivity contribution >= 4 is 35.0 Å². The highest BCUT2D eigenvalue weighted by Gasteiger charge is 2.26. The second-order valence-corrected chi connectivity index (χ2v) is 7.96. The van der Waals surface area contributed by atoms with E-state index < -0.39 is 11.8 Å². The van der Waals surface area contributed by atoms with Crippen LogP contribution in [0.25, 0.3) is 11.1 Å². The Kier molecular flexibility index (Phi) is 6.50. The molecule has 0 radical (unpaired) electrons. The van der Waals surface area contributed by atoms with Crippen LogP contribution in [0.4, 0.5) is 21.8 Å². The lowest BCUT2D eigenvalue weighted by molar-refractivity contribution is 0.0526. The van der Waals surface area contributed by atoms with E-state index in [1.807, 2.05) is 0 Å². The third-order valence-corrected chi connectivity index (χ3v) is 5.62. The number of halogens is 2. The minimum absolute atomic E-state index is 0.0156. The lowest BCUT2D eigenvalue weighted by Gasteiger charge is -2.25. The first-order valence-corrected chi connectivity index (χ1v) is 10.8. The molecular weight excluding hydrogens is 433 g/mol. The van der Waals surface area contributed by atoms with Crippen molar-refractivity contribution in [1.82, 2.24) is 15.0 Å². The Morgan fingerprint density at radius 1 is 1.31 bits per heavy atom. The van der Waals surface area contributed by atoms with Gasteiger partial charge in [-0.2, -0.15) is 4.98 Å². The molecule has 1 aliphatic heterocycles. The van der Waals surface area contributed by atoms with Crippen molar-refractivity contribution in [3.05, 3.63) is 59.3 Å². The van der Waals surface area contributed by atoms with Crippen LogP contribution in [0.5, 0.6) is 0 Å². The summed E-state index contributed by atoms with van der Waals surface area (Å²) in [6.45, 7) is 5.06. The van der Waals surface area contributed by atoms with Gasteiger partial charge >= 0.3 is 5.97 Å². The average Bonchev–Trinajstić information content (AvgIpc) is 3.22. The molecule has 4 rings (SSSR count). The van der Waals surface area contributed by atoms with Crippen molar-refractivity contribution < 1.29 is 13.9 Å². The molecule has 32 heavy (non-hydrogen) atoms. The van der Waals surface area contributed by atoms with E-state index in [0.29, 0.717) is 23.2 Å². The number of aromatic nitrogens is 3. The molecule has 0 bridgehead atoms. The summed E-state index contributed by atoms with van der Waals surface area (Å²) in [6, 6.07) is 6.39. The predicted octanol–water partition coefficient (Wildman–Crippen LogP) is 5.24. The Hall–Kier alpha value is -3.26. The summed E-state index contributed by atoms with van der Waals surface area (Å²) in [4.78, 5) is 27.8. The van der Waals surface area contributed by atoms with Gasteiger partial charge in [-0.25, -0.2) is 14.2 Å². The van der Waals surface area contributed by atoms with Crippen LogP contribution in [-0.2, 0) is 4.74 Å². The van der Waals surface area contributed by atoms with E-state index in [2.05, 4.69) is 27.1 Å². The van der Waals surface area contributed by atoms with Gasteiger partial charge in [0.05, 0.1) is 17.2 Å². The largest absolute Gasteiger partial charge is 0.462 e. The number of nitrogens with zero attached hydrogens (tertiary/aromatic N) is 4. The molecule has 1 aromatic carbocycles. The first-order valence-electron chi connectivity index (χ1n) is 10.4. The molecule has 0 spiro atoms. The van der Waals surface area contributed by atoms with E-state index in [1.54, 1.807) is 31.5 Å². The molecule has 7 nitrogen and oxygen atoms in total. The van der Waals surface area contributed by atoms with Gasteiger partial charge in [0.25, 0.3) is 0 Å². The molecule has 0 saturated carbocycles. The van der Waals surface area contributed by atoms with Gasteiger partial charge < -0.3 is 15.0 Å². The van der Waals surface area contributed by atoms with Crippen LogP contribution in [0.3, 0.4) is 0 Å². The fourth-order valence-electron chi connectivity index (χ4n) is 3.72. The lowest BCUT2D eigenvalue weighted by Crippen LogP contribution is -2.28. The van der Waals surface area contributed by atoms with Crippen LogP contribution < -0.4 is 10.2 Å². The Morgan fingerprint density at radius 2 is 2.16 bits per heavy atom. The van der Waals surface area contributed by atoms with Crippen LogP contribution >= 0.6 is 11.6 Å². The number of hydrogen-bond acceptors (Lipinski definition) is 7. The number of pyridine rings is 1. The summed E-state index contributed by atoms with van der Waals surface area (Å²) in [5.41, 5.74) is 2.43. The Bertz CT molecular complexity index is 1140. The van der Waals surface area contributed by atoms with E-state index in [-0.39, 0.29) is 11.6 Å². The molecule has 1 atom stereocenters. The van der Waals surface area contributed by atoms with Gasteiger partial charge in [0.15, 0.2) is 0 Å². The second kappa shape index (κ2) is 9.48. The molecular formula is C23H23ClFN5O2. The summed E-state index contributed by atoms with van der Waals surface area (Å²) in [7, 11) is 0. The smallest absolute Gasteiger partial charge is 0.339 e. The van der Waals surface area contributed by atoms with Gasteiger partial charge in [-0.1, -0.05) is 11.6 Å². The SMILES string of the molecule is CCOC(=O)c1cncc(-c2cnc(Nc3ccc(F)c(Cl)c3)nc2N2CCCC2C)c1. The van der Waals surface area contributed by atoms with Gasteiger partial charge in [0, 0.05) is 48.0 Å². The fourth-order valence-corrected chi connectivity index (χ4v) is 3.90. The zero-order valence-electron chi connectivity index (χ0n) is 17.8. The maximum absolute atomic E-state index is 13.5. The van der Waals surface area contributed by atoms with E-state index >= 15 is 0 Å². The Morgan fingerprint density at radius 3 is 2.88 bits per heavy atom. The van der Waals surface area contributed by atoms with Crippen molar-refractivity contribution in [2.24, 2.45) is 0 Å². The van der Waals surface area contributed by atoms with Gasteiger partial charge in [-0.15, -0.1) is 0 Å². The zero-order valence-corrected chi connectivity index (χ0v) is 18.6. The minimum Gasteiger partial charge on any atom is -0.462 e. The fraction of sp³-hybridized carbons (Fsp3) is 0.304. The number of anilines is 3. The van der Waals surface area contributed by atoms with E-state index in [0.717, 1.165) is 36.3 Å². The summed E-state index contributed by atoms with van der Waals surface area (Å²) < 4.78 is 18.6. The van der Waals surface area contributed by atoms with Crippen molar-refractivity contribution in [3.63, 3.8) is 0 Å². The molecule has 0 amide bonds. The van der Waals surface area contributed by atoms with Crippen molar-refractivity contribution in [3.8, 4) is 11.1 Å².